The van der Waals surface area contributed by atoms with Crippen molar-refractivity contribution in [3.63, 3.8) is 0 Å². The van der Waals surface area contributed by atoms with Crippen LogP contribution in [0.4, 0.5) is 4.39 Å². The zero-order chi connectivity index (χ0) is 46.0. The Kier molecular flexibility index (Phi) is 23.7. The van der Waals surface area contributed by atoms with Gasteiger partial charge < -0.3 is 35.5 Å². The van der Waals surface area contributed by atoms with Crippen molar-refractivity contribution < 1.29 is 63.8 Å². The molecule has 5 rings (SSSR count). The Morgan fingerprint density at radius 1 is 0.548 bits per heavy atom. The van der Waals surface area contributed by atoms with Crippen LogP contribution in [-0.4, -0.2) is 158 Å². The Morgan fingerprint density at radius 2 is 0.984 bits per heavy atom. The first-order valence-corrected chi connectivity index (χ1v) is 20.0. The second kappa shape index (κ2) is 28.3. The summed E-state index contributed by atoms with van der Waals surface area (Å²) in [6.45, 7) is 15.7. The van der Waals surface area contributed by atoms with Gasteiger partial charge in [0.05, 0.1) is 0 Å². The number of hydrogen-bond acceptors (Lipinski definition) is 10. The molecule has 2 aliphatic rings. The predicted octanol–water partition coefficient (Wildman–Crippen LogP) is 4.82. The van der Waals surface area contributed by atoms with Crippen LogP contribution in [0, 0.1) is 5.82 Å². The zero-order valence-corrected chi connectivity index (χ0v) is 35.0. The third-order valence-electron chi connectivity index (χ3n) is 9.83. The van der Waals surface area contributed by atoms with Gasteiger partial charge in [-0.3, -0.25) is 14.7 Å². The molecular weight excluding hydrogens is 808 g/mol. The minimum absolute atomic E-state index is 0.147. The molecular formula is C45H57FN4O12. The fourth-order valence-electron chi connectivity index (χ4n) is 6.71. The van der Waals surface area contributed by atoms with Crippen molar-refractivity contribution in [1.29, 1.82) is 0 Å². The van der Waals surface area contributed by atoms with Gasteiger partial charge in [0.15, 0.2) is 0 Å². The Morgan fingerprint density at radius 3 is 1.45 bits per heavy atom. The van der Waals surface area contributed by atoms with Crippen molar-refractivity contribution in [2.75, 3.05) is 65.4 Å². The third-order valence-corrected chi connectivity index (χ3v) is 9.83. The summed E-state index contributed by atoms with van der Waals surface area (Å²) in [5.41, 5.74) is 2.73. The van der Waals surface area contributed by atoms with Gasteiger partial charge in [0, 0.05) is 107 Å². The summed E-state index contributed by atoms with van der Waals surface area (Å²) in [5, 5.41) is 49.6. The molecule has 0 bridgehead atoms. The van der Waals surface area contributed by atoms with Crippen LogP contribution < -0.4 is 0 Å². The summed E-state index contributed by atoms with van der Waals surface area (Å²) in [5.74, 6) is -7.69. The summed E-state index contributed by atoms with van der Waals surface area (Å²) >= 11 is 0. The smallest absolute Gasteiger partial charge is 0.328 e. The van der Waals surface area contributed by atoms with Gasteiger partial charge in [-0.25, -0.2) is 33.2 Å². The predicted molar refractivity (Wildman–Crippen MR) is 230 cm³/mol. The number of benzene rings is 3. The number of hydrogen-bond donors (Lipinski definition) is 6. The van der Waals surface area contributed by atoms with Crippen LogP contribution in [0.5, 0.6) is 0 Å². The first-order valence-electron chi connectivity index (χ1n) is 20.0. The van der Waals surface area contributed by atoms with Gasteiger partial charge in [0.25, 0.3) is 0 Å². The molecule has 6 N–H and O–H groups in total. The highest BCUT2D eigenvalue weighted by Gasteiger charge is 2.29. The van der Waals surface area contributed by atoms with Crippen molar-refractivity contribution in [1.82, 2.24) is 19.6 Å². The molecule has 0 aliphatic carbocycles. The maximum atomic E-state index is 13.7. The molecule has 16 nitrogen and oxygen atoms in total. The van der Waals surface area contributed by atoms with Gasteiger partial charge in [0.1, 0.15) is 5.82 Å². The van der Waals surface area contributed by atoms with Crippen LogP contribution in [0.2, 0.25) is 0 Å². The Balaban J connectivity index is 0.000000449. The molecule has 0 saturated carbocycles. The monoisotopic (exact) mass is 864 g/mol. The number of carboxylic acids is 6. The molecule has 2 aliphatic heterocycles. The number of halogens is 1. The SMILES string of the molecule is CC(C)N1CCN(C(CN2CCN(CCCCc3cccc4ccccc34)CC2)c2ccc(F)cc2)CC1.O=C(O)/C=C\C(=O)O.O=C(O)/C=C\C(=O)O.O=C(O)/C=C\C(=O)O. The number of aliphatic carboxylic acids is 6. The largest absolute Gasteiger partial charge is 0.478 e. The molecule has 62 heavy (non-hydrogen) atoms. The Labute approximate surface area is 360 Å². The quantitative estimate of drug-likeness (QED) is 0.0836. The highest BCUT2D eigenvalue weighted by atomic mass is 19.1. The summed E-state index contributed by atoms with van der Waals surface area (Å²) in [6, 6.07) is 23.6. The average Bonchev–Trinajstić information content (AvgIpc) is 3.24. The van der Waals surface area contributed by atoms with Gasteiger partial charge >= 0.3 is 35.8 Å². The Hall–Kier alpha value is -6.27. The Bertz CT molecular complexity index is 1850. The molecule has 0 spiro atoms. The molecule has 3 aromatic carbocycles. The fraction of sp³-hybridized carbons (Fsp3) is 0.378. The van der Waals surface area contributed by atoms with Crippen LogP contribution in [0.3, 0.4) is 0 Å². The van der Waals surface area contributed by atoms with Crippen molar-refractivity contribution in [2.45, 2.75) is 45.2 Å². The molecule has 3 aromatic rings. The molecule has 2 saturated heterocycles. The van der Waals surface area contributed by atoms with E-state index in [1.54, 1.807) is 12.1 Å². The highest BCUT2D eigenvalue weighted by molar-refractivity contribution is 5.90. The van der Waals surface area contributed by atoms with E-state index in [-0.39, 0.29) is 5.82 Å². The summed E-state index contributed by atoms with van der Waals surface area (Å²) in [7, 11) is 0. The van der Waals surface area contributed by atoms with Crippen LogP contribution in [0.1, 0.15) is 43.9 Å². The average molecular weight is 865 g/mol. The van der Waals surface area contributed by atoms with Gasteiger partial charge in [-0.05, 0) is 73.7 Å². The van der Waals surface area contributed by atoms with E-state index in [9.17, 15) is 33.2 Å². The second-order valence-electron chi connectivity index (χ2n) is 14.5. The molecule has 336 valence electrons. The number of rotatable bonds is 16. The molecule has 1 unspecified atom stereocenters. The molecule has 17 heteroatoms. The van der Waals surface area contributed by atoms with Crippen LogP contribution in [-0.2, 0) is 35.2 Å². The number of unbranched alkanes of at least 4 members (excludes halogenated alkanes) is 1. The van der Waals surface area contributed by atoms with Crippen LogP contribution >= 0.6 is 0 Å². The van der Waals surface area contributed by atoms with E-state index < -0.39 is 35.8 Å². The molecule has 0 radical (unpaired) electrons. The van der Waals surface area contributed by atoms with Crippen molar-refractivity contribution >= 4 is 46.6 Å². The number of piperazine rings is 2. The zero-order valence-electron chi connectivity index (χ0n) is 35.0. The molecule has 1 atom stereocenters. The van der Waals surface area contributed by atoms with Crippen LogP contribution in [0.15, 0.2) is 103 Å². The second-order valence-corrected chi connectivity index (χ2v) is 14.5. The summed E-state index contributed by atoms with van der Waals surface area (Å²) in [6.07, 6.45) is 7.00. The maximum absolute atomic E-state index is 13.7. The number of carboxylic acid groups (broad SMARTS) is 6. The minimum atomic E-state index is -1.26. The molecule has 2 heterocycles. The van der Waals surface area contributed by atoms with E-state index in [0.29, 0.717) is 48.5 Å². The van der Waals surface area contributed by atoms with E-state index >= 15 is 0 Å². The van der Waals surface area contributed by atoms with E-state index in [1.165, 1.54) is 41.3 Å². The lowest BCUT2D eigenvalue weighted by Gasteiger charge is -2.43. The van der Waals surface area contributed by atoms with E-state index in [2.05, 4.69) is 75.9 Å². The van der Waals surface area contributed by atoms with Gasteiger partial charge in [-0.1, -0.05) is 54.6 Å². The van der Waals surface area contributed by atoms with E-state index in [4.69, 9.17) is 30.6 Å². The summed E-state index contributed by atoms with van der Waals surface area (Å²) in [4.78, 5) is 67.8. The minimum Gasteiger partial charge on any atom is -0.478 e. The normalized spacial score (nSPS) is 15.5. The first-order chi connectivity index (χ1) is 29.4. The topological polar surface area (TPSA) is 237 Å². The number of aryl methyl sites for hydroxylation is 1. The molecule has 0 amide bonds. The summed E-state index contributed by atoms with van der Waals surface area (Å²) < 4.78 is 13.7. The maximum Gasteiger partial charge on any atom is 0.328 e. The van der Waals surface area contributed by atoms with Crippen molar-refractivity contribution in [3.05, 3.63) is 120 Å². The van der Waals surface area contributed by atoms with Gasteiger partial charge in [-0.15, -0.1) is 0 Å². The standard InChI is InChI=1S/C33H45FN4.3C4H4O4/c1-27(2)37-22-24-38(25-23-37)33(30-13-15-31(34)16-14-30)26-36-20-18-35(19-21-36)17-6-5-9-29-11-7-10-28-8-3-4-12-32(28)29;3*5-3(6)1-2-4(7)8/h3-4,7-8,10-16,27,33H,5-6,9,17-26H2,1-2H3;3*1-2H,(H,5,6)(H,7,8)/b;3*2-1-. The lowest BCUT2D eigenvalue weighted by Crippen LogP contribution is -2.53. The van der Waals surface area contributed by atoms with Crippen molar-refractivity contribution in [3.8, 4) is 0 Å². The van der Waals surface area contributed by atoms with Gasteiger partial charge in [0.2, 0.25) is 0 Å². The van der Waals surface area contributed by atoms with Gasteiger partial charge in [-0.2, -0.15) is 0 Å². The third kappa shape index (κ3) is 21.8. The first kappa shape index (κ1) is 51.9. The van der Waals surface area contributed by atoms with Crippen LogP contribution in [0.25, 0.3) is 10.8 Å². The number of carbonyl (C=O) groups is 6. The van der Waals surface area contributed by atoms with E-state index in [0.717, 1.165) is 65.3 Å². The highest BCUT2D eigenvalue weighted by Crippen LogP contribution is 2.25. The lowest BCUT2D eigenvalue weighted by atomic mass is 10.00. The number of nitrogens with zero attached hydrogens (tertiary/aromatic N) is 4. The number of fused-ring (bicyclic) bond motifs is 1. The molecule has 2 fully saturated rings. The molecule has 0 aromatic heterocycles. The van der Waals surface area contributed by atoms with Crippen molar-refractivity contribution in [2.24, 2.45) is 0 Å². The lowest BCUT2D eigenvalue weighted by molar-refractivity contribution is -0.134. The fourth-order valence-corrected chi connectivity index (χ4v) is 6.71. The van der Waals surface area contributed by atoms with E-state index in [1.807, 2.05) is 12.1 Å².